The molecule has 0 N–H and O–H groups in total. The first-order valence-corrected chi connectivity index (χ1v) is 24.5. The fourth-order valence-corrected chi connectivity index (χ4v) is 7.77. The minimum Gasteiger partial charge on any atom is -0.462 e. The largest absolute Gasteiger partial charge is 0.475 e. The molecule has 0 saturated heterocycles. The summed E-state index contributed by atoms with van der Waals surface area (Å²) in [6, 6.07) is 0. The van der Waals surface area contributed by atoms with E-state index in [1.165, 1.54) is 128 Å². The summed E-state index contributed by atoms with van der Waals surface area (Å²) in [5, 5.41) is 0. The minimum absolute atomic E-state index is 0.00651. The van der Waals surface area contributed by atoms with Crippen LogP contribution in [-0.4, -0.2) is 83.2 Å². The molecule has 330 valence electrons. The highest BCUT2D eigenvalue weighted by Gasteiger charge is 2.30. The Hall–Kier alpha value is -1.50. The molecule has 0 aliphatic rings. The zero-order chi connectivity index (χ0) is 41.4. The van der Waals surface area contributed by atoms with Crippen molar-refractivity contribution in [2.75, 3.05) is 60.7 Å². The molecule has 0 spiro atoms. The predicted molar refractivity (Wildman–Crippen MR) is 231 cm³/mol. The molecule has 0 heterocycles. The maximum absolute atomic E-state index is 13.5. The smallest absolute Gasteiger partial charge is 0.462 e. The molecule has 0 radical (unpaired) electrons. The molecular weight excluding hydrogens is 727 g/mol. The van der Waals surface area contributed by atoms with Gasteiger partial charge in [-0.2, -0.15) is 0 Å². The van der Waals surface area contributed by atoms with E-state index in [2.05, 4.69) is 39.8 Å². The van der Waals surface area contributed by atoms with Crippen LogP contribution in [0.4, 0.5) is 0 Å². The van der Waals surface area contributed by atoms with Gasteiger partial charge in [0.25, 0.3) is 0 Å². The monoisotopic (exact) mass is 816 g/mol. The highest BCUT2D eigenvalue weighted by molar-refractivity contribution is 7.48. The van der Waals surface area contributed by atoms with E-state index in [0.29, 0.717) is 12.8 Å². The van der Waals surface area contributed by atoms with Gasteiger partial charge in [0.1, 0.15) is 13.2 Å². The molecule has 0 aromatic heterocycles. The van der Waals surface area contributed by atoms with E-state index >= 15 is 0 Å². The van der Waals surface area contributed by atoms with Crippen molar-refractivity contribution >= 4 is 19.8 Å². The average molecular weight is 816 g/mol. The molecule has 0 aromatic rings. The van der Waals surface area contributed by atoms with Crippen LogP contribution in [0.5, 0.6) is 0 Å². The topological polar surface area (TPSA) is 102 Å². The third-order valence-electron chi connectivity index (χ3n) is 10.0. The number of hydrogen-bond acceptors (Lipinski definition) is 8. The Labute approximate surface area is 345 Å². The first kappa shape index (κ1) is 54.5. The summed E-state index contributed by atoms with van der Waals surface area (Å²) in [7, 11) is 2.27. The van der Waals surface area contributed by atoms with Crippen molar-refractivity contribution < 1.29 is 41.7 Å². The molecule has 2 atom stereocenters. The van der Waals surface area contributed by atoms with Crippen molar-refractivity contribution in [3.05, 3.63) is 11.4 Å². The maximum Gasteiger partial charge on any atom is 0.475 e. The normalized spacial score (nSPS) is 13.3. The second kappa shape index (κ2) is 39.0. The Kier molecular flexibility index (Phi) is 37.9. The molecule has 0 aromatic carbocycles. The number of carbonyl (C=O) groups is 2. The van der Waals surface area contributed by atoms with Crippen molar-refractivity contribution in [1.29, 1.82) is 0 Å². The van der Waals surface area contributed by atoms with Gasteiger partial charge in [0.15, 0.2) is 6.10 Å². The summed E-state index contributed by atoms with van der Waals surface area (Å²) in [6.45, 7) is 12.0. The number of unbranched alkanes of at least 4 members (excludes halogenated alkanes) is 25. The number of hydrogen-bond donors (Lipinski definition) is 0. The van der Waals surface area contributed by atoms with Gasteiger partial charge >= 0.3 is 19.8 Å². The van der Waals surface area contributed by atoms with Crippen molar-refractivity contribution in [3.63, 3.8) is 0 Å². The fraction of sp³-hybridized carbons (Fsp3) is 0.933. The molecular formula is C45H88N2O8P+. The van der Waals surface area contributed by atoms with E-state index in [4.69, 9.17) is 29.6 Å². The van der Waals surface area contributed by atoms with Crippen LogP contribution in [-0.2, 0) is 37.2 Å². The first-order chi connectivity index (χ1) is 27.0. The first-order valence-electron chi connectivity index (χ1n) is 23.1. The second-order valence-electron chi connectivity index (χ2n) is 16.8. The molecule has 0 rings (SSSR count). The number of quaternary nitrogens is 1. The molecule has 56 heavy (non-hydrogen) atoms. The summed E-state index contributed by atoms with van der Waals surface area (Å²) in [4.78, 5) is 28.8. The lowest BCUT2D eigenvalue weighted by atomic mass is 10.0. The number of nitrogens with zero attached hydrogens (tertiary/aromatic N) is 2. The lowest BCUT2D eigenvalue weighted by Gasteiger charge is -2.24. The Morgan fingerprint density at radius 2 is 0.946 bits per heavy atom. The van der Waals surface area contributed by atoms with Gasteiger partial charge < -0.3 is 18.8 Å². The van der Waals surface area contributed by atoms with Gasteiger partial charge in [-0.3, -0.25) is 23.2 Å². The Morgan fingerprint density at radius 1 is 0.536 bits per heavy atom. The molecule has 0 bridgehead atoms. The SMILES string of the molecule is [C-]#[N+]CCOP(=O)(OCCCC[N+](C)(C)C)OCC(COC(=O)CCCCCCCCCCCCCCC)OC(=O)CCCCCCCCCCCCCCC. The number of phosphoric ester groups is 1. The molecule has 0 fully saturated rings. The summed E-state index contributed by atoms with van der Waals surface area (Å²) < 4.78 is 42.3. The molecule has 0 aliphatic carbocycles. The van der Waals surface area contributed by atoms with E-state index in [1.54, 1.807) is 0 Å². The molecule has 0 saturated carbocycles. The van der Waals surface area contributed by atoms with Gasteiger partial charge in [-0.15, -0.1) is 0 Å². The minimum atomic E-state index is -4.05. The van der Waals surface area contributed by atoms with Crippen LogP contribution in [0, 0.1) is 6.57 Å². The number of rotatable bonds is 43. The standard InChI is InChI=1S/C45H88N2O8P/c1-7-9-11-13-15-17-19-21-23-25-27-29-31-35-44(48)51-41-43(42-54-56(50,53-40-37-46-3)52-39-34-33-38-47(4,5)6)55-45(49)36-32-30-28-26-24-22-20-18-16-14-12-10-8-2/h43H,7-42H2,1-2,4-6H3/q+1. The maximum atomic E-state index is 13.5. The molecule has 11 heteroatoms. The summed E-state index contributed by atoms with van der Waals surface area (Å²) in [5.41, 5.74) is 0. The number of esters is 2. The van der Waals surface area contributed by atoms with Crippen LogP contribution in [0.15, 0.2) is 0 Å². The predicted octanol–water partition coefficient (Wildman–Crippen LogP) is 13.0. The van der Waals surface area contributed by atoms with Gasteiger partial charge in [-0.1, -0.05) is 168 Å². The van der Waals surface area contributed by atoms with Crippen LogP contribution in [0.3, 0.4) is 0 Å². The van der Waals surface area contributed by atoms with Gasteiger partial charge in [-0.25, -0.2) is 11.1 Å². The number of ether oxygens (including phenoxy) is 2. The lowest BCUT2D eigenvalue weighted by Crippen LogP contribution is -2.35. The lowest BCUT2D eigenvalue weighted by molar-refractivity contribution is -0.870. The fourth-order valence-electron chi connectivity index (χ4n) is 6.54. The van der Waals surface area contributed by atoms with Crippen molar-refractivity contribution in [3.8, 4) is 0 Å². The Balaban J connectivity index is 4.78. The highest BCUT2D eigenvalue weighted by atomic mass is 31.2. The zero-order valence-electron chi connectivity index (χ0n) is 37.1. The Morgan fingerprint density at radius 3 is 1.38 bits per heavy atom. The zero-order valence-corrected chi connectivity index (χ0v) is 38.0. The quantitative estimate of drug-likeness (QED) is 0.0197. The number of phosphoric acid groups is 1. The number of carbonyl (C=O) groups excluding carboxylic acids is 2. The third-order valence-corrected chi connectivity index (χ3v) is 11.5. The van der Waals surface area contributed by atoms with Crippen LogP contribution in [0.1, 0.15) is 206 Å². The highest BCUT2D eigenvalue weighted by Crippen LogP contribution is 2.49. The second-order valence-corrected chi connectivity index (χ2v) is 18.5. The van der Waals surface area contributed by atoms with Gasteiger partial charge in [-0.05, 0) is 25.7 Å². The summed E-state index contributed by atoms with van der Waals surface area (Å²) in [5.74, 6) is -0.755. The van der Waals surface area contributed by atoms with Gasteiger partial charge in [0.2, 0.25) is 6.54 Å². The van der Waals surface area contributed by atoms with Crippen LogP contribution in [0.25, 0.3) is 4.85 Å². The van der Waals surface area contributed by atoms with Crippen molar-refractivity contribution in [2.45, 2.75) is 213 Å². The van der Waals surface area contributed by atoms with Crippen LogP contribution in [0.2, 0.25) is 0 Å². The molecule has 2 unspecified atom stereocenters. The average Bonchev–Trinajstić information content (AvgIpc) is 3.16. The van der Waals surface area contributed by atoms with Gasteiger partial charge in [0.05, 0.1) is 40.9 Å². The van der Waals surface area contributed by atoms with Crippen molar-refractivity contribution in [1.82, 2.24) is 0 Å². The van der Waals surface area contributed by atoms with E-state index < -0.39 is 19.9 Å². The van der Waals surface area contributed by atoms with Gasteiger partial charge in [0, 0.05) is 12.8 Å². The third kappa shape index (κ3) is 39.3. The van der Waals surface area contributed by atoms with Crippen LogP contribution < -0.4 is 0 Å². The van der Waals surface area contributed by atoms with Crippen molar-refractivity contribution in [2.24, 2.45) is 0 Å². The molecule has 0 amide bonds. The summed E-state index contributed by atoms with van der Waals surface area (Å²) in [6.07, 6.45) is 32.9. The molecule has 10 nitrogen and oxygen atoms in total. The van der Waals surface area contributed by atoms with E-state index in [-0.39, 0.29) is 45.4 Å². The van der Waals surface area contributed by atoms with E-state index in [0.717, 1.165) is 56.0 Å². The Bertz CT molecular complexity index is 1000. The van der Waals surface area contributed by atoms with E-state index in [1.807, 2.05) is 0 Å². The molecule has 0 aliphatic heterocycles. The van der Waals surface area contributed by atoms with E-state index in [9.17, 15) is 14.2 Å². The van der Waals surface area contributed by atoms with Crippen LogP contribution >= 0.6 is 7.82 Å². The summed E-state index contributed by atoms with van der Waals surface area (Å²) >= 11 is 0.